The second-order valence-corrected chi connectivity index (χ2v) is 4.77. The van der Waals surface area contributed by atoms with E-state index in [9.17, 15) is 9.59 Å². The lowest BCUT2D eigenvalue weighted by Crippen LogP contribution is -2.50. The van der Waals surface area contributed by atoms with Gasteiger partial charge in [0.1, 0.15) is 0 Å². The van der Waals surface area contributed by atoms with Gasteiger partial charge in [0, 0.05) is 38.9 Å². The molecule has 2 rings (SSSR count). The van der Waals surface area contributed by atoms with Gasteiger partial charge < -0.3 is 19.9 Å². The van der Waals surface area contributed by atoms with Crippen molar-refractivity contribution >= 4 is 17.7 Å². The average molecular weight is 291 g/mol. The van der Waals surface area contributed by atoms with Gasteiger partial charge in [-0.25, -0.2) is 4.79 Å². The number of piperazine rings is 1. The van der Waals surface area contributed by atoms with Crippen LogP contribution in [-0.4, -0.2) is 61.6 Å². The molecule has 1 aromatic rings. The van der Waals surface area contributed by atoms with Crippen molar-refractivity contribution in [3.05, 3.63) is 29.8 Å². The molecule has 0 spiro atoms. The molecule has 6 heteroatoms. The molecule has 0 saturated carbocycles. The molecule has 0 atom stereocenters. The lowest BCUT2D eigenvalue weighted by Gasteiger charge is -2.34. The van der Waals surface area contributed by atoms with Crippen LogP contribution in [-0.2, 0) is 4.74 Å². The minimum atomic E-state index is -0.305. The van der Waals surface area contributed by atoms with E-state index < -0.39 is 0 Å². The van der Waals surface area contributed by atoms with Crippen molar-refractivity contribution in [3.63, 3.8) is 0 Å². The number of carbonyl (C=O) groups is 2. The first-order valence-corrected chi connectivity index (χ1v) is 7.15. The Morgan fingerprint density at radius 2 is 1.76 bits per heavy atom. The second kappa shape index (κ2) is 6.97. The highest BCUT2D eigenvalue weighted by Gasteiger charge is 2.26. The zero-order valence-corrected chi connectivity index (χ0v) is 12.5. The van der Waals surface area contributed by atoms with Crippen molar-refractivity contribution in [2.24, 2.45) is 0 Å². The Hall–Kier alpha value is -2.24. The summed E-state index contributed by atoms with van der Waals surface area (Å²) >= 11 is 0. The van der Waals surface area contributed by atoms with Crippen LogP contribution in [0, 0.1) is 0 Å². The Bertz CT molecular complexity index is 511. The van der Waals surface area contributed by atoms with Crippen molar-refractivity contribution in [2.75, 3.05) is 45.2 Å². The molecule has 2 amide bonds. The summed E-state index contributed by atoms with van der Waals surface area (Å²) in [6, 6.07) is 7.43. The van der Waals surface area contributed by atoms with Gasteiger partial charge in [-0.05, 0) is 19.1 Å². The molecule has 1 aromatic carbocycles. The summed E-state index contributed by atoms with van der Waals surface area (Å²) in [7, 11) is 1.80. The molecule has 0 aliphatic carbocycles. The van der Waals surface area contributed by atoms with Gasteiger partial charge in [-0.1, -0.05) is 12.1 Å². The molecular weight excluding hydrogens is 270 g/mol. The molecule has 0 radical (unpaired) electrons. The van der Waals surface area contributed by atoms with Crippen molar-refractivity contribution < 1.29 is 14.3 Å². The normalized spacial score (nSPS) is 14.8. The average Bonchev–Trinajstić information content (AvgIpc) is 2.54. The fraction of sp³-hybridized carbons (Fsp3) is 0.467. The maximum Gasteiger partial charge on any atom is 0.409 e. The Morgan fingerprint density at radius 3 is 2.38 bits per heavy atom. The fourth-order valence-electron chi connectivity index (χ4n) is 2.36. The zero-order chi connectivity index (χ0) is 15.2. The molecule has 1 fully saturated rings. The molecule has 0 bridgehead atoms. The molecule has 1 N–H and O–H groups in total. The smallest absolute Gasteiger partial charge is 0.409 e. The first-order chi connectivity index (χ1) is 10.2. The third-order valence-corrected chi connectivity index (χ3v) is 3.52. The standard InChI is InChI=1S/C15H21N3O3/c1-3-21-15(20)18-10-8-17(9-11-18)14(19)12-6-4-5-7-13(12)16-2/h4-7,16H,3,8-11H2,1-2H3. The highest BCUT2D eigenvalue weighted by molar-refractivity contribution is 5.99. The molecular formula is C15H21N3O3. The Kier molecular flexibility index (Phi) is 5.03. The molecule has 1 saturated heterocycles. The van der Waals surface area contributed by atoms with Crippen LogP contribution in [0.3, 0.4) is 0 Å². The van der Waals surface area contributed by atoms with E-state index in [-0.39, 0.29) is 12.0 Å². The van der Waals surface area contributed by atoms with E-state index in [4.69, 9.17) is 4.74 Å². The number of carbonyl (C=O) groups excluding carboxylic acids is 2. The summed E-state index contributed by atoms with van der Waals surface area (Å²) < 4.78 is 4.97. The SMILES string of the molecule is CCOC(=O)N1CCN(C(=O)c2ccccc2NC)CC1. The summed E-state index contributed by atoms with van der Waals surface area (Å²) in [6.45, 7) is 4.21. The predicted molar refractivity (Wildman–Crippen MR) is 80.5 cm³/mol. The van der Waals surface area contributed by atoms with Gasteiger partial charge in [0.25, 0.3) is 5.91 Å². The van der Waals surface area contributed by atoms with E-state index in [1.807, 2.05) is 24.3 Å². The van der Waals surface area contributed by atoms with E-state index in [1.54, 1.807) is 23.8 Å². The summed E-state index contributed by atoms with van der Waals surface area (Å²) in [5, 5.41) is 3.03. The van der Waals surface area contributed by atoms with Gasteiger partial charge in [0.15, 0.2) is 0 Å². The quantitative estimate of drug-likeness (QED) is 0.919. The van der Waals surface area contributed by atoms with Gasteiger partial charge >= 0.3 is 6.09 Å². The second-order valence-electron chi connectivity index (χ2n) is 4.77. The molecule has 1 heterocycles. The fourth-order valence-corrected chi connectivity index (χ4v) is 2.36. The summed E-state index contributed by atoms with van der Waals surface area (Å²) in [6.07, 6.45) is -0.305. The number of para-hydroxylation sites is 1. The maximum absolute atomic E-state index is 12.5. The molecule has 6 nitrogen and oxygen atoms in total. The zero-order valence-electron chi connectivity index (χ0n) is 12.5. The molecule has 0 aromatic heterocycles. The number of ether oxygens (including phenoxy) is 1. The maximum atomic E-state index is 12.5. The first-order valence-electron chi connectivity index (χ1n) is 7.15. The number of rotatable bonds is 3. The third kappa shape index (κ3) is 3.45. The lowest BCUT2D eigenvalue weighted by atomic mass is 10.1. The van der Waals surface area contributed by atoms with Gasteiger partial charge in [-0.15, -0.1) is 0 Å². The Morgan fingerprint density at radius 1 is 1.14 bits per heavy atom. The van der Waals surface area contributed by atoms with Gasteiger partial charge in [-0.3, -0.25) is 4.79 Å². The minimum Gasteiger partial charge on any atom is -0.450 e. The van der Waals surface area contributed by atoms with Gasteiger partial charge in [-0.2, -0.15) is 0 Å². The topological polar surface area (TPSA) is 61.9 Å². The number of nitrogens with zero attached hydrogens (tertiary/aromatic N) is 2. The van der Waals surface area contributed by atoms with Crippen LogP contribution < -0.4 is 5.32 Å². The minimum absolute atomic E-state index is 0.0107. The summed E-state index contributed by atoms with van der Waals surface area (Å²) in [5.74, 6) is -0.0107. The van der Waals surface area contributed by atoms with Gasteiger partial charge in [0.2, 0.25) is 0 Å². The molecule has 114 valence electrons. The Labute approximate surface area is 124 Å². The predicted octanol–water partition coefficient (Wildman–Crippen LogP) is 1.64. The molecule has 0 unspecified atom stereocenters. The van der Waals surface area contributed by atoms with Crippen molar-refractivity contribution in [1.29, 1.82) is 0 Å². The summed E-state index contributed by atoms with van der Waals surface area (Å²) in [5.41, 5.74) is 1.47. The van der Waals surface area contributed by atoms with E-state index in [0.717, 1.165) is 5.69 Å². The van der Waals surface area contributed by atoms with Crippen LogP contribution >= 0.6 is 0 Å². The van der Waals surface area contributed by atoms with Crippen LogP contribution in [0.2, 0.25) is 0 Å². The monoisotopic (exact) mass is 291 g/mol. The number of hydrogen-bond acceptors (Lipinski definition) is 4. The summed E-state index contributed by atoms with van der Waals surface area (Å²) in [4.78, 5) is 27.6. The van der Waals surface area contributed by atoms with Crippen LogP contribution in [0.1, 0.15) is 17.3 Å². The molecule has 1 aliphatic rings. The highest BCUT2D eigenvalue weighted by atomic mass is 16.6. The Balaban J connectivity index is 1.99. The number of amides is 2. The van der Waals surface area contributed by atoms with Crippen LogP contribution in [0.5, 0.6) is 0 Å². The number of benzene rings is 1. The van der Waals surface area contributed by atoms with Gasteiger partial charge in [0.05, 0.1) is 12.2 Å². The van der Waals surface area contributed by atoms with Crippen molar-refractivity contribution in [1.82, 2.24) is 9.80 Å². The van der Waals surface area contributed by atoms with Crippen molar-refractivity contribution in [2.45, 2.75) is 6.92 Å². The molecule has 1 aliphatic heterocycles. The number of nitrogens with one attached hydrogen (secondary N) is 1. The number of anilines is 1. The van der Waals surface area contributed by atoms with Crippen LogP contribution in [0.25, 0.3) is 0 Å². The third-order valence-electron chi connectivity index (χ3n) is 3.52. The van der Waals surface area contributed by atoms with Crippen LogP contribution in [0.15, 0.2) is 24.3 Å². The highest BCUT2D eigenvalue weighted by Crippen LogP contribution is 2.17. The molecule has 21 heavy (non-hydrogen) atoms. The van der Waals surface area contributed by atoms with E-state index in [2.05, 4.69) is 5.32 Å². The van der Waals surface area contributed by atoms with E-state index in [0.29, 0.717) is 38.3 Å². The van der Waals surface area contributed by atoms with E-state index >= 15 is 0 Å². The van der Waals surface area contributed by atoms with Crippen LogP contribution in [0.4, 0.5) is 10.5 Å². The largest absolute Gasteiger partial charge is 0.450 e. The van der Waals surface area contributed by atoms with Crippen molar-refractivity contribution in [3.8, 4) is 0 Å². The number of hydrogen-bond donors (Lipinski definition) is 1. The first kappa shape index (κ1) is 15.2. The van der Waals surface area contributed by atoms with E-state index in [1.165, 1.54) is 0 Å². The lowest BCUT2D eigenvalue weighted by molar-refractivity contribution is 0.0571.